The molecule has 0 spiro atoms. The van der Waals surface area contributed by atoms with Gasteiger partial charge >= 0.3 is 5.69 Å². The van der Waals surface area contributed by atoms with Crippen LogP contribution in [-0.4, -0.2) is 20.5 Å². The van der Waals surface area contributed by atoms with E-state index in [4.69, 9.17) is 15.4 Å². The first-order chi connectivity index (χ1) is 7.27. The van der Waals surface area contributed by atoms with Gasteiger partial charge in [0.15, 0.2) is 5.75 Å². The molecule has 88 valence electrons. The first-order valence-corrected chi connectivity index (χ1v) is 6.36. The summed E-state index contributed by atoms with van der Waals surface area (Å²) in [5.74, 6) is 0.0223. The number of benzene rings is 1. The smallest absolute Gasteiger partial charge is 0.312 e. The molecule has 1 rings (SSSR count). The minimum absolute atomic E-state index is 0.0223. The SMILES string of the molecule is COc1c(C)cc(S(=O)(=O)Cl)cc1[N+](=O)[O-]. The van der Waals surface area contributed by atoms with Crippen LogP contribution in [0.3, 0.4) is 0 Å². The Hall–Kier alpha value is -1.34. The van der Waals surface area contributed by atoms with Crippen LogP contribution in [0.15, 0.2) is 17.0 Å². The Kier molecular flexibility index (Phi) is 3.39. The lowest BCUT2D eigenvalue weighted by Gasteiger charge is -2.06. The molecule has 0 fully saturated rings. The van der Waals surface area contributed by atoms with Gasteiger partial charge in [-0.25, -0.2) is 8.42 Å². The van der Waals surface area contributed by atoms with E-state index in [-0.39, 0.29) is 10.6 Å². The van der Waals surface area contributed by atoms with E-state index in [1.807, 2.05) is 0 Å². The Bertz CT molecular complexity index is 540. The zero-order valence-electron chi connectivity index (χ0n) is 8.43. The van der Waals surface area contributed by atoms with Gasteiger partial charge in [-0.05, 0) is 18.6 Å². The van der Waals surface area contributed by atoms with Crippen molar-refractivity contribution < 1.29 is 18.1 Å². The molecule has 8 heteroatoms. The second-order valence-corrected chi connectivity index (χ2v) is 5.55. The molecule has 0 heterocycles. The average Bonchev–Trinajstić information content (AvgIpc) is 2.14. The number of ether oxygens (including phenoxy) is 1. The molecule has 16 heavy (non-hydrogen) atoms. The summed E-state index contributed by atoms with van der Waals surface area (Å²) in [6.45, 7) is 1.50. The lowest BCUT2D eigenvalue weighted by Crippen LogP contribution is -1.99. The molecule has 0 saturated carbocycles. The number of aryl methyl sites for hydroxylation is 1. The molecule has 0 bridgehead atoms. The Morgan fingerprint density at radius 3 is 2.38 bits per heavy atom. The molecule has 0 aliphatic heterocycles. The number of nitro benzene ring substituents is 1. The minimum Gasteiger partial charge on any atom is -0.490 e. The van der Waals surface area contributed by atoms with Crippen LogP contribution in [0.5, 0.6) is 5.75 Å². The van der Waals surface area contributed by atoms with E-state index in [9.17, 15) is 18.5 Å². The molecule has 0 saturated heterocycles. The topological polar surface area (TPSA) is 86.5 Å². The maximum Gasteiger partial charge on any atom is 0.312 e. The third kappa shape index (κ3) is 2.42. The second-order valence-electron chi connectivity index (χ2n) is 2.99. The average molecular weight is 266 g/mol. The van der Waals surface area contributed by atoms with Crippen LogP contribution >= 0.6 is 10.7 Å². The highest BCUT2D eigenvalue weighted by Gasteiger charge is 2.22. The van der Waals surface area contributed by atoms with Gasteiger partial charge in [-0.2, -0.15) is 0 Å². The lowest BCUT2D eigenvalue weighted by molar-refractivity contribution is -0.386. The Balaban J connectivity index is 3.59. The highest BCUT2D eigenvalue weighted by atomic mass is 35.7. The highest BCUT2D eigenvalue weighted by Crippen LogP contribution is 2.34. The Morgan fingerprint density at radius 1 is 1.44 bits per heavy atom. The highest BCUT2D eigenvalue weighted by molar-refractivity contribution is 8.13. The fourth-order valence-corrected chi connectivity index (χ4v) is 2.10. The van der Waals surface area contributed by atoms with Gasteiger partial charge in [-0.15, -0.1) is 0 Å². The molecule has 0 aromatic heterocycles. The second kappa shape index (κ2) is 4.26. The van der Waals surface area contributed by atoms with E-state index in [1.165, 1.54) is 20.1 Å². The van der Waals surface area contributed by atoms with Crippen molar-refractivity contribution in [2.24, 2.45) is 0 Å². The predicted octanol–water partition coefficient (Wildman–Crippen LogP) is 1.84. The van der Waals surface area contributed by atoms with Gasteiger partial charge < -0.3 is 4.74 Å². The molecule has 0 atom stereocenters. The van der Waals surface area contributed by atoms with Gasteiger partial charge in [0.2, 0.25) is 0 Å². The molecule has 0 aliphatic rings. The van der Waals surface area contributed by atoms with E-state index in [0.29, 0.717) is 5.56 Å². The molecule has 6 nitrogen and oxygen atoms in total. The van der Waals surface area contributed by atoms with Crippen LogP contribution in [0.25, 0.3) is 0 Å². The van der Waals surface area contributed by atoms with Crippen LogP contribution in [0.4, 0.5) is 5.69 Å². The summed E-state index contributed by atoms with van der Waals surface area (Å²) in [6, 6.07) is 2.09. The van der Waals surface area contributed by atoms with E-state index < -0.39 is 19.7 Å². The van der Waals surface area contributed by atoms with Crippen LogP contribution < -0.4 is 4.74 Å². The van der Waals surface area contributed by atoms with Crippen molar-refractivity contribution in [2.45, 2.75) is 11.8 Å². The van der Waals surface area contributed by atoms with E-state index >= 15 is 0 Å². The number of methoxy groups -OCH3 is 1. The van der Waals surface area contributed by atoms with Gasteiger partial charge in [-0.1, -0.05) is 0 Å². The fourth-order valence-electron chi connectivity index (χ4n) is 1.26. The van der Waals surface area contributed by atoms with Crippen molar-refractivity contribution in [3.05, 3.63) is 27.8 Å². The Morgan fingerprint density at radius 2 is 2.00 bits per heavy atom. The standard InChI is InChI=1S/C8H8ClNO5S/c1-5-3-6(16(9,13)14)4-7(10(11)12)8(5)15-2/h3-4H,1-2H3. The number of nitrogens with zero attached hydrogens (tertiary/aromatic N) is 1. The quantitative estimate of drug-likeness (QED) is 0.473. The number of hydrogen-bond donors (Lipinski definition) is 0. The summed E-state index contributed by atoms with van der Waals surface area (Å²) in [6.07, 6.45) is 0. The van der Waals surface area contributed by atoms with E-state index in [0.717, 1.165) is 6.07 Å². The van der Waals surface area contributed by atoms with Gasteiger partial charge in [0, 0.05) is 16.7 Å². The van der Waals surface area contributed by atoms with Crippen LogP contribution in [0.2, 0.25) is 0 Å². The minimum atomic E-state index is -3.99. The monoisotopic (exact) mass is 265 g/mol. The summed E-state index contributed by atoms with van der Waals surface area (Å²) in [5, 5.41) is 10.7. The van der Waals surface area contributed by atoms with Crippen molar-refractivity contribution in [3.63, 3.8) is 0 Å². The van der Waals surface area contributed by atoms with Crippen molar-refractivity contribution in [1.29, 1.82) is 0 Å². The molecular weight excluding hydrogens is 258 g/mol. The molecule has 0 amide bonds. The largest absolute Gasteiger partial charge is 0.490 e. The number of halogens is 1. The summed E-state index contributed by atoms with van der Waals surface area (Å²) in [7, 11) is 2.39. The predicted molar refractivity (Wildman–Crippen MR) is 57.4 cm³/mol. The summed E-state index contributed by atoms with van der Waals surface area (Å²) in [5.41, 5.74) is -0.0994. The first kappa shape index (κ1) is 12.7. The van der Waals surface area contributed by atoms with E-state index in [1.54, 1.807) is 0 Å². The fraction of sp³-hybridized carbons (Fsp3) is 0.250. The van der Waals surface area contributed by atoms with Crippen LogP contribution in [0.1, 0.15) is 5.56 Å². The number of nitro groups is 1. The maximum atomic E-state index is 11.1. The third-order valence-corrected chi connectivity index (χ3v) is 3.24. The summed E-state index contributed by atoms with van der Waals surface area (Å²) in [4.78, 5) is 9.65. The lowest BCUT2D eigenvalue weighted by atomic mass is 10.2. The number of rotatable bonds is 3. The van der Waals surface area contributed by atoms with Crippen molar-refractivity contribution in [3.8, 4) is 5.75 Å². The molecule has 0 aliphatic carbocycles. The molecule has 0 radical (unpaired) electrons. The van der Waals surface area contributed by atoms with Gasteiger partial charge in [0.1, 0.15) is 0 Å². The van der Waals surface area contributed by atoms with Crippen molar-refractivity contribution >= 4 is 25.4 Å². The normalized spacial score (nSPS) is 11.2. The number of hydrogen-bond acceptors (Lipinski definition) is 5. The van der Waals surface area contributed by atoms with Crippen LogP contribution in [0, 0.1) is 17.0 Å². The van der Waals surface area contributed by atoms with Crippen molar-refractivity contribution in [1.82, 2.24) is 0 Å². The summed E-state index contributed by atoms with van der Waals surface area (Å²) < 4.78 is 26.9. The summed E-state index contributed by atoms with van der Waals surface area (Å²) >= 11 is 0. The zero-order chi connectivity index (χ0) is 12.5. The zero-order valence-corrected chi connectivity index (χ0v) is 10.0. The molecule has 0 N–H and O–H groups in total. The molecular formula is C8H8ClNO5S. The van der Waals surface area contributed by atoms with Gasteiger partial charge in [0.05, 0.1) is 16.9 Å². The Labute approximate surface area is 96.4 Å². The maximum absolute atomic E-state index is 11.1. The van der Waals surface area contributed by atoms with E-state index in [2.05, 4.69) is 0 Å². The van der Waals surface area contributed by atoms with Crippen LogP contribution in [-0.2, 0) is 9.05 Å². The molecule has 1 aromatic rings. The third-order valence-electron chi connectivity index (χ3n) is 1.91. The van der Waals surface area contributed by atoms with Crippen molar-refractivity contribution in [2.75, 3.05) is 7.11 Å². The van der Waals surface area contributed by atoms with Gasteiger partial charge in [-0.3, -0.25) is 10.1 Å². The molecule has 1 aromatic carbocycles. The first-order valence-electron chi connectivity index (χ1n) is 4.05. The van der Waals surface area contributed by atoms with Gasteiger partial charge in [0.25, 0.3) is 9.05 Å². The molecule has 0 unspecified atom stereocenters.